The summed E-state index contributed by atoms with van der Waals surface area (Å²) in [4.78, 5) is 16.7. The Morgan fingerprint density at radius 1 is 1.17 bits per heavy atom. The van der Waals surface area contributed by atoms with Crippen LogP contribution in [0.5, 0.6) is 17.2 Å². The summed E-state index contributed by atoms with van der Waals surface area (Å²) in [6.45, 7) is 1.74. The maximum atomic E-state index is 14.9. The second kappa shape index (κ2) is 9.35. The summed E-state index contributed by atoms with van der Waals surface area (Å²) in [5, 5.41) is 12.7. The monoisotopic (exact) mass is 433 g/mol. The van der Waals surface area contributed by atoms with Gasteiger partial charge in [-0.15, -0.1) is 26.7 Å². The van der Waals surface area contributed by atoms with Gasteiger partial charge in [-0.2, -0.15) is 0 Å². The molecule has 0 fully saturated rings. The average molecular weight is 433 g/mol. The molecule has 0 saturated heterocycles. The number of hydrogen-bond donors (Lipinski definition) is 1. The number of aromatic nitrogens is 3. The smallest absolute Gasteiger partial charge is 0.278 e. The lowest BCUT2D eigenvalue weighted by atomic mass is 10.2. The number of thiophene rings is 1. The van der Waals surface area contributed by atoms with Crippen molar-refractivity contribution in [2.45, 2.75) is 13.0 Å². The molecule has 3 aromatic rings. The van der Waals surface area contributed by atoms with Gasteiger partial charge in [0.25, 0.3) is 11.9 Å². The third-order valence-corrected chi connectivity index (χ3v) is 5.02. The number of nitrogens with one attached hydrogen (secondary N) is 1. The van der Waals surface area contributed by atoms with E-state index in [4.69, 9.17) is 14.2 Å². The summed E-state index contributed by atoms with van der Waals surface area (Å²) in [5.41, 5.74) is 0.458. The first-order valence-electron chi connectivity index (χ1n) is 8.78. The van der Waals surface area contributed by atoms with Gasteiger partial charge in [0.1, 0.15) is 5.69 Å². The number of hydrogen-bond acceptors (Lipinski definition) is 9. The average Bonchev–Trinajstić information content (AvgIpc) is 3.32. The molecule has 11 heteroatoms. The van der Waals surface area contributed by atoms with E-state index in [0.29, 0.717) is 16.3 Å². The first kappa shape index (κ1) is 21.2. The van der Waals surface area contributed by atoms with E-state index in [9.17, 15) is 9.28 Å². The van der Waals surface area contributed by atoms with Crippen molar-refractivity contribution in [3.8, 4) is 17.2 Å². The van der Waals surface area contributed by atoms with Gasteiger partial charge in [-0.25, -0.2) is 4.98 Å². The maximum absolute atomic E-state index is 14.9. The van der Waals surface area contributed by atoms with Crippen molar-refractivity contribution in [2.75, 3.05) is 26.5 Å². The van der Waals surface area contributed by atoms with Crippen molar-refractivity contribution >= 4 is 28.9 Å². The van der Waals surface area contributed by atoms with Crippen LogP contribution in [0.25, 0.3) is 0 Å². The first-order chi connectivity index (χ1) is 14.5. The molecule has 1 atom stereocenters. The fraction of sp³-hybridized carbons (Fsp3) is 0.263. The van der Waals surface area contributed by atoms with E-state index >= 15 is 0 Å². The minimum absolute atomic E-state index is 0.0677. The van der Waals surface area contributed by atoms with Crippen LogP contribution in [-0.4, -0.2) is 42.4 Å². The number of rotatable bonds is 8. The largest absolute Gasteiger partial charge is 0.493 e. The van der Waals surface area contributed by atoms with Crippen LogP contribution in [0.3, 0.4) is 0 Å². The van der Waals surface area contributed by atoms with Gasteiger partial charge in [0.2, 0.25) is 5.75 Å². The highest BCUT2D eigenvalue weighted by Gasteiger charge is 2.21. The minimum atomic E-state index is -0.456. The number of nitrogens with zero attached hydrogens (tertiary/aromatic N) is 4. The Balaban J connectivity index is 1.78. The molecular formula is C19H20FN5O4S. The molecule has 1 aromatic carbocycles. The summed E-state index contributed by atoms with van der Waals surface area (Å²) in [6.07, 6.45) is 1.35. The molecule has 2 aromatic heterocycles. The molecule has 9 nitrogen and oxygen atoms in total. The quantitative estimate of drug-likeness (QED) is 0.539. The molecule has 3 rings (SSSR count). The lowest BCUT2D eigenvalue weighted by molar-refractivity contribution is 0.0943. The zero-order valence-electron chi connectivity index (χ0n) is 16.7. The SMILES string of the molecule is COc1cc(N(F)c2ncc(C(C)NC(=O)c3cccs3)nn2)cc(OC)c1OC. The summed E-state index contributed by atoms with van der Waals surface area (Å²) >= 11 is 1.33. The zero-order valence-corrected chi connectivity index (χ0v) is 17.6. The summed E-state index contributed by atoms with van der Waals surface area (Å²) in [6, 6.07) is 5.89. The van der Waals surface area contributed by atoms with Crippen LogP contribution < -0.4 is 24.6 Å². The van der Waals surface area contributed by atoms with Crippen molar-refractivity contribution in [2.24, 2.45) is 0 Å². The van der Waals surface area contributed by atoms with E-state index in [1.165, 1.54) is 51.0 Å². The molecule has 0 aliphatic heterocycles. The van der Waals surface area contributed by atoms with E-state index in [-0.39, 0.29) is 34.2 Å². The Labute approximate surface area is 176 Å². The van der Waals surface area contributed by atoms with E-state index < -0.39 is 6.04 Å². The normalized spacial score (nSPS) is 11.5. The van der Waals surface area contributed by atoms with E-state index in [2.05, 4.69) is 20.5 Å². The number of carbonyl (C=O) groups is 1. The second-order valence-corrected chi connectivity index (χ2v) is 6.97. The van der Waals surface area contributed by atoms with Crippen LogP contribution in [0.2, 0.25) is 0 Å². The fourth-order valence-electron chi connectivity index (χ4n) is 2.61. The maximum Gasteiger partial charge on any atom is 0.278 e. The van der Waals surface area contributed by atoms with Crippen molar-refractivity contribution in [3.63, 3.8) is 0 Å². The highest BCUT2D eigenvalue weighted by molar-refractivity contribution is 7.12. The first-order valence-corrected chi connectivity index (χ1v) is 9.66. The van der Waals surface area contributed by atoms with Crippen LogP contribution in [0.15, 0.2) is 35.8 Å². The van der Waals surface area contributed by atoms with Gasteiger partial charge in [0.05, 0.1) is 44.1 Å². The Hall–Kier alpha value is -3.47. The van der Waals surface area contributed by atoms with Crippen LogP contribution in [-0.2, 0) is 0 Å². The molecule has 158 valence electrons. The molecule has 0 radical (unpaired) electrons. The van der Waals surface area contributed by atoms with Crippen LogP contribution in [0.4, 0.5) is 16.1 Å². The van der Waals surface area contributed by atoms with Crippen LogP contribution in [0.1, 0.15) is 28.3 Å². The lowest BCUT2D eigenvalue weighted by Crippen LogP contribution is -2.27. The Morgan fingerprint density at radius 3 is 2.37 bits per heavy atom. The lowest BCUT2D eigenvalue weighted by Gasteiger charge is -2.17. The Bertz CT molecular complexity index is 976. The topological polar surface area (TPSA) is 98.7 Å². The number of halogens is 1. The van der Waals surface area contributed by atoms with Gasteiger partial charge in [-0.05, 0) is 18.4 Å². The molecule has 30 heavy (non-hydrogen) atoms. The van der Waals surface area contributed by atoms with Gasteiger partial charge in [0.15, 0.2) is 11.5 Å². The van der Waals surface area contributed by atoms with Crippen molar-refractivity contribution in [3.05, 3.63) is 46.4 Å². The number of ether oxygens (including phenoxy) is 3. The molecule has 2 heterocycles. The number of anilines is 2. The third kappa shape index (κ3) is 4.40. The van der Waals surface area contributed by atoms with Crippen LogP contribution >= 0.6 is 11.3 Å². The predicted octanol–water partition coefficient (Wildman–Crippen LogP) is 3.47. The molecule has 1 N–H and O–H groups in total. The minimum Gasteiger partial charge on any atom is -0.493 e. The number of carbonyl (C=O) groups excluding carboxylic acids is 1. The summed E-state index contributed by atoms with van der Waals surface area (Å²) < 4.78 is 30.6. The molecule has 0 aliphatic rings. The Morgan fingerprint density at radius 2 is 1.87 bits per heavy atom. The Kier molecular flexibility index (Phi) is 6.62. The van der Waals surface area contributed by atoms with Gasteiger partial charge < -0.3 is 19.5 Å². The molecule has 0 aliphatic carbocycles. The predicted molar refractivity (Wildman–Crippen MR) is 109 cm³/mol. The van der Waals surface area contributed by atoms with E-state index in [1.807, 2.05) is 5.38 Å². The van der Waals surface area contributed by atoms with Crippen molar-refractivity contribution in [1.29, 1.82) is 0 Å². The second-order valence-electron chi connectivity index (χ2n) is 6.02. The molecular weight excluding hydrogens is 413 g/mol. The van der Waals surface area contributed by atoms with Crippen LogP contribution in [0, 0.1) is 0 Å². The van der Waals surface area contributed by atoms with E-state index in [1.54, 1.807) is 19.1 Å². The number of benzene rings is 1. The van der Waals surface area contributed by atoms with Gasteiger partial charge in [-0.3, -0.25) is 4.79 Å². The zero-order chi connectivity index (χ0) is 21.7. The molecule has 1 amide bonds. The van der Waals surface area contributed by atoms with Crippen molar-refractivity contribution in [1.82, 2.24) is 20.5 Å². The molecule has 0 saturated carbocycles. The molecule has 0 bridgehead atoms. The summed E-state index contributed by atoms with van der Waals surface area (Å²) in [5.74, 6) is 0.382. The highest BCUT2D eigenvalue weighted by Crippen LogP contribution is 2.42. The standard InChI is InChI=1S/C19H20FN5O4S/c1-11(22-18(26)16-6-5-7-30-16)13-10-21-19(24-23-13)25(20)12-8-14(27-2)17(29-4)15(9-12)28-3/h5-11H,1-4H3,(H,22,26). The third-order valence-electron chi connectivity index (χ3n) is 4.16. The summed E-state index contributed by atoms with van der Waals surface area (Å²) in [7, 11) is 4.32. The number of methoxy groups -OCH3 is 3. The van der Waals surface area contributed by atoms with Gasteiger partial charge in [0, 0.05) is 12.1 Å². The highest BCUT2D eigenvalue weighted by atomic mass is 32.1. The number of amides is 1. The van der Waals surface area contributed by atoms with Crippen molar-refractivity contribution < 1.29 is 23.5 Å². The van der Waals surface area contributed by atoms with E-state index in [0.717, 1.165) is 0 Å². The van der Waals surface area contributed by atoms with Gasteiger partial charge in [-0.1, -0.05) is 10.5 Å². The molecule has 0 spiro atoms. The van der Waals surface area contributed by atoms with Gasteiger partial charge >= 0.3 is 0 Å². The fourth-order valence-corrected chi connectivity index (χ4v) is 3.24. The molecule has 1 unspecified atom stereocenters.